The highest BCUT2D eigenvalue weighted by molar-refractivity contribution is 7.21. The molecule has 4 aliphatic heterocycles. The van der Waals surface area contributed by atoms with Gasteiger partial charge in [0.25, 0.3) is 0 Å². The van der Waals surface area contributed by atoms with Crippen LogP contribution in [0.15, 0.2) is 164 Å². The highest BCUT2D eigenvalue weighted by Gasteiger charge is 2.28. The average Bonchev–Trinajstić information content (AvgIpc) is 1.69. The minimum absolute atomic E-state index is 0.0229. The third-order valence-electron chi connectivity index (χ3n) is 19.8. The van der Waals surface area contributed by atoms with E-state index in [9.17, 15) is 17.6 Å². The van der Waals surface area contributed by atoms with Crippen LogP contribution in [0.2, 0.25) is 0 Å². The van der Waals surface area contributed by atoms with Crippen LogP contribution in [0.5, 0.6) is 10.8 Å². The second kappa shape index (κ2) is 36.8. The number of nitrogens with zero attached hydrogens (tertiary/aromatic N) is 13. The summed E-state index contributed by atoms with van der Waals surface area (Å²) in [4.78, 5) is 30.6. The van der Waals surface area contributed by atoms with Crippen molar-refractivity contribution in [3.8, 4) is 80.1 Å². The molecule has 24 heteroatoms. The Morgan fingerprint density at radius 3 is 1.14 bits per heavy atom. The number of ether oxygens (including phenoxy) is 1. The van der Waals surface area contributed by atoms with E-state index < -0.39 is 23.3 Å². The maximum Gasteiger partial charge on any atom is 0.210 e. The first kappa shape index (κ1) is 77.7. The van der Waals surface area contributed by atoms with Gasteiger partial charge in [0, 0.05) is 101 Å². The van der Waals surface area contributed by atoms with Crippen molar-refractivity contribution in [2.45, 2.75) is 85.6 Å². The Labute approximate surface area is 651 Å². The van der Waals surface area contributed by atoms with Crippen molar-refractivity contribution in [1.82, 2.24) is 19.9 Å². The summed E-state index contributed by atoms with van der Waals surface area (Å²) in [6.07, 6.45) is 9.25. The van der Waals surface area contributed by atoms with Gasteiger partial charge in [0.15, 0.2) is 20.5 Å². The molecule has 4 aromatic heterocycles. The molecule has 4 fully saturated rings. The molecule has 2 N–H and O–H groups in total. The number of nitriles is 4. The Balaban J connectivity index is 0.000000136. The van der Waals surface area contributed by atoms with Gasteiger partial charge in [0.05, 0.1) is 22.3 Å². The quantitative estimate of drug-likeness (QED) is 0.0866. The Kier molecular flexibility index (Phi) is 26.3. The van der Waals surface area contributed by atoms with Crippen LogP contribution in [0.1, 0.15) is 107 Å². The number of benzene rings is 7. The number of halogens is 4. The lowest BCUT2D eigenvalue weighted by Gasteiger charge is -2.29. The smallest absolute Gasteiger partial charge is 0.210 e. The van der Waals surface area contributed by atoms with Gasteiger partial charge >= 0.3 is 0 Å². The van der Waals surface area contributed by atoms with E-state index in [1.165, 1.54) is 78.3 Å². The second-order valence-corrected chi connectivity index (χ2v) is 32.0. The van der Waals surface area contributed by atoms with E-state index in [0.717, 1.165) is 167 Å². The van der Waals surface area contributed by atoms with E-state index in [4.69, 9.17) is 45.7 Å². The van der Waals surface area contributed by atoms with E-state index in [1.807, 2.05) is 122 Å². The Morgan fingerprint density at radius 1 is 0.413 bits per heavy atom. The Hall–Kier alpha value is -10.9. The third kappa shape index (κ3) is 19.9. The maximum absolute atomic E-state index is 14.2. The first-order valence-corrected chi connectivity index (χ1v) is 40.0. The van der Waals surface area contributed by atoms with Crippen LogP contribution in [-0.2, 0) is 6.54 Å². The minimum Gasteiger partial charge on any atom is -0.444 e. The van der Waals surface area contributed by atoms with Crippen LogP contribution in [-0.4, -0.2) is 86.4 Å². The standard InChI is InChI=1S/C23H23FN4S.C22H21FN4S.C22H20FN3OS.C18H21FN4S/c1-16-9-11-28(12-10-16)23-27-21(18-7-8-19(14-25)20(24)13-18)22(29-23)26-15-17-5-3-2-4-6-17;1-15-9-11-27(12-10-15)22-26-20(16-7-8-17(14-24)19(23)13-16)21(28-22)25-18-5-3-2-4-6-18;1-15-9-11-26(12-10-15)22-25-20(16-7-8-17(14-24)19(23)13-16)21(28-22)27-18-5-3-2-4-6-18;1-12-6-8-23(9-7-12)18-21-16(17(24-18)22(2)3)13-4-5-14(11-20)15(19)10-13/h2-8,13,16,26H,9-12,15H2,1H3;2-8,13,15,25H,9-12H2,1H3;2-8,13,15H,9-12H2,1H3;4-5,10,12H,6-9H2,1-3H3. The lowest BCUT2D eigenvalue weighted by Crippen LogP contribution is -2.32. The van der Waals surface area contributed by atoms with Crippen molar-refractivity contribution in [3.63, 3.8) is 0 Å². The summed E-state index contributed by atoms with van der Waals surface area (Å²) >= 11 is 6.32. The van der Waals surface area contributed by atoms with E-state index in [1.54, 1.807) is 58.3 Å². The monoisotopic (exact) mass is 1540 g/mol. The fraction of sp³-hybridized carbons (Fsp3) is 0.318. The number of para-hydroxylation sites is 2. The number of nitrogens with one attached hydrogen (secondary N) is 2. The molecular weight excluding hydrogens is 1450 g/mol. The SMILES string of the molecule is CC1CCN(c2nc(-c3ccc(C#N)c(F)c3)c(N(C)C)s2)CC1.CC1CCN(c2nc(-c3ccc(C#N)c(F)c3)c(NCc3ccccc3)s2)CC1.CC1CCN(c2nc(-c3ccc(C#N)c(F)c3)c(Nc3ccccc3)s2)CC1.CC1CCN(c2nc(-c3ccc(C#N)c(F)c3)c(Oc3ccccc3)s2)CC1. The summed E-state index contributed by atoms with van der Waals surface area (Å²) in [6, 6.07) is 55.6. The number of anilines is 8. The van der Waals surface area contributed by atoms with E-state index >= 15 is 0 Å². The third-order valence-corrected chi connectivity index (χ3v) is 24.2. The fourth-order valence-electron chi connectivity index (χ4n) is 12.9. The van der Waals surface area contributed by atoms with Crippen molar-refractivity contribution in [1.29, 1.82) is 21.0 Å². The molecule has 0 atom stereocenters. The van der Waals surface area contributed by atoms with Gasteiger partial charge in [0.2, 0.25) is 5.06 Å². The summed E-state index contributed by atoms with van der Waals surface area (Å²) < 4.78 is 62.8. The van der Waals surface area contributed by atoms with Crippen molar-refractivity contribution in [3.05, 3.63) is 215 Å². The van der Waals surface area contributed by atoms with Crippen LogP contribution in [0.4, 0.5) is 58.8 Å². The average molecular weight is 1540 g/mol. The molecule has 11 aromatic rings. The summed E-state index contributed by atoms with van der Waals surface area (Å²) in [7, 11) is 3.94. The number of hydrogen-bond acceptors (Lipinski definition) is 20. The molecule has 4 aliphatic rings. The lowest BCUT2D eigenvalue weighted by molar-refractivity contribution is 0.438. The molecule has 0 radical (unpaired) electrons. The van der Waals surface area contributed by atoms with Gasteiger partial charge in [-0.15, -0.1) is 0 Å². The highest BCUT2D eigenvalue weighted by atomic mass is 32.1. The summed E-state index contributed by atoms with van der Waals surface area (Å²) in [6.45, 7) is 17.7. The van der Waals surface area contributed by atoms with Gasteiger partial charge in [-0.05, 0) is 153 Å². The molecule has 0 aliphatic carbocycles. The molecule has 7 aromatic carbocycles. The van der Waals surface area contributed by atoms with Crippen LogP contribution >= 0.6 is 45.3 Å². The zero-order chi connectivity index (χ0) is 76.5. The number of thiazole rings is 4. The number of rotatable bonds is 16. The largest absolute Gasteiger partial charge is 0.444 e. The Bertz CT molecular complexity index is 4880. The van der Waals surface area contributed by atoms with Crippen LogP contribution in [0, 0.1) is 92.3 Å². The van der Waals surface area contributed by atoms with Crippen molar-refractivity contribution in [2.24, 2.45) is 23.7 Å². The normalized spacial score (nSPS) is 14.8. The summed E-state index contributed by atoms with van der Waals surface area (Å²) in [5.74, 6) is 1.60. The van der Waals surface area contributed by atoms with Gasteiger partial charge < -0.3 is 39.9 Å². The highest BCUT2D eigenvalue weighted by Crippen LogP contribution is 2.46. The van der Waals surface area contributed by atoms with Crippen LogP contribution in [0.25, 0.3) is 45.0 Å². The van der Waals surface area contributed by atoms with E-state index in [0.29, 0.717) is 51.0 Å². The predicted molar refractivity (Wildman–Crippen MR) is 436 cm³/mol. The van der Waals surface area contributed by atoms with Crippen molar-refractivity contribution in [2.75, 3.05) is 102 Å². The molecule has 0 spiro atoms. The maximum atomic E-state index is 14.2. The molecule has 8 heterocycles. The minimum atomic E-state index is -0.549. The topological polar surface area (TPSA) is 196 Å². The van der Waals surface area contributed by atoms with Gasteiger partial charge in [0.1, 0.15) is 91.1 Å². The molecule has 16 nitrogen and oxygen atoms in total. The fourth-order valence-corrected chi connectivity index (χ4v) is 17.1. The van der Waals surface area contributed by atoms with Crippen LogP contribution in [0.3, 0.4) is 0 Å². The number of aromatic nitrogens is 4. The van der Waals surface area contributed by atoms with E-state index in [-0.39, 0.29) is 22.3 Å². The number of hydrogen-bond donors (Lipinski definition) is 2. The molecular formula is C85H85F4N15OS4. The first-order valence-electron chi connectivity index (χ1n) is 36.7. The predicted octanol–water partition coefficient (Wildman–Crippen LogP) is 21.4. The van der Waals surface area contributed by atoms with Gasteiger partial charge in [-0.25, -0.2) is 37.5 Å². The second-order valence-electron chi connectivity index (χ2n) is 28.2. The zero-order valence-corrected chi connectivity index (χ0v) is 65.1. The van der Waals surface area contributed by atoms with Crippen molar-refractivity contribution >= 4 is 86.6 Å². The zero-order valence-electron chi connectivity index (χ0n) is 61.8. The van der Waals surface area contributed by atoms with Gasteiger partial charge in [-0.1, -0.05) is 164 Å². The summed E-state index contributed by atoms with van der Waals surface area (Å²) in [5.41, 5.74) is 7.81. The molecule has 15 rings (SSSR count). The molecule has 0 amide bonds. The summed E-state index contributed by atoms with van der Waals surface area (Å²) in [5, 5.41) is 50.1. The Morgan fingerprint density at radius 2 is 0.743 bits per heavy atom. The molecule has 0 saturated carbocycles. The van der Waals surface area contributed by atoms with E-state index in [2.05, 4.69) is 70.1 Å². The molecule has 558 valence electrons. The molecule has 4 saturated heterocycles. The van der Waals surface area contributed by atoms with Gasteiger partial charge in [-0.3, -0.25) is 0 Å². The molecule has 0 bridgehead atoms. The number of piperidine rings is 4. The van der Waals surface area contributed by atoms with Crippen LogP contribution < -0.4 is 39.9 Å². The first-order chi connectivity index (χ1) is 52.9. The van der Waals surface area contributed by atoms with Crippen molar-refractivity contribution < 1.29 is 22.3 Å². The molecule has 109 heavy (non-hydrogen) atoms. The lowest BCUT2D eigenvalue weighted by atomic mass is 10.00. The van der Waals surface area contributed by atoms with Gasteiger partial charge in [-0.2, -0.15) is 21.0 Å². The molecule has 0 unspecified atom stereocenters.